The Morgan fingerprint density at radius 1 is 0.921 bits per heavy atom. The highest BCUT2D eigenvalue weighted by atomic mass is 16.6. The van der Waals surface area contributed by atoms with Gasteiger partial charge in [-0.15, -0.1) is 0 Å². The van der Waals surface area contributed by atoms with Crippen molar-refractivity contribution in [1.29, 1.82) is 0 Å². The largest absolute Gasteiger partial charge is 0.444 e. The van der Waals surface area contributed by atoms with Gasteiger partial charge in [0, 0.05) is 18.5 Å². The molecule has 0 heterocycles. The highest BCUT2D eigenvalue weighted by molar-refractivity contribution is 5.92. The molecule has 208 valence electrons. The maximum Gasteiger partial charge on any atom is 0.408 e. The fourth-order valence-electron chi connectivity index (χ4n) is 4.21. The summed E-state index contributed by atoms with van der Waals surface area (Å²) < 4.78 is 5.50. The monoisotopic (exact) mass is 523 g/mol. The van der Waals surface area contributed by atoms with E-state index >= 15 is 0 Å². The molecule has 0 saturated carbocycles. The Balaban J connectivity index is 2.60. The minimum Gasteiger partial charge on any atom is -0.444 e. The Kier molecular flexibility index (Phi) is 10.9. The van der Waals surface area contributed by atoms with Crippen molar-refractivity contribution in [2.45, 2.75) is 105 Å². The van der Waals surface area contributed by atoms with Crippen molar-refractivity contribution in [3.8, 4) is 0 Å². The number of hydrogen-bond donors (Lipinski definition) is 2. The molecule has 2 rings (SSSR count). The van der Waals surface area contributed by atoms with Crippen LogP contribution in [0.15, 0.2) is 48.5 Å². The van der Waals surface area contributed by atoms with Crippen molar-refractivity contribution in [2.75, 3.05) is 0 Å². The summed E-state index contributed by atoms with van der Waals surface area (Å²) in [4.78, 5) is 42.5. The molecule has 0 aliphatic heterocycles. The average molecular weight is 524 g/mol. The summed E-state index contributed by atoms with van der Waals surface area (Å²) in [7, 11) is 0. The molecule has 38 heavy (non-hydrogen) atoms. The van der Waals surface area contributed by atoms with E-state index in [9.17, 15) is 14.4 Å². The molecule has 0 radical (unpaired) electrons. The standard InChI is InChI=1S/C31H45N3O4/c1-10-23(6)34(27(28(35)32-20(2)3)25-17-16-21(4)22(5)18-25)29(36)26(19-24-14-12-11-13-15-24)33-30(37)38-31(7,8)9/h11-18,20,23,26-27H,10,19H2,1-9H3,(H,32,35)(H,33,37). The lowest BCUT2D eigenvalue weighted by molar-refractivity contribution is -0.145. The van der Waals surface area contributed by atoms with E-state index < -0.39 is 23.8 Å². The second-order valence-electron chi connectivity index (χ2n) is 11.3. The van der Waals surface area contributed by atoms with Crippen LogP contribution in [-0.4, -0.2) is 46.5 Å². The van der Waals surface area contributed by atoms with Crippen molar-refractivity contribution in [3.05, 3.63) is 70.8 Å². The summed E-state index contributed by atoms with van der Waals surface area (Å²) >= 11 is 0. The lowest BCUT2D eigenvalue weighted by Gasteiger charge is -2.38. The van der Waals surface area contributed by atoms with Gasteiger partial charge >= 0.3 is 6.09 Å². The summed E-state index contributed by atoms with van der Waals surface area (Å²) in [6.07, 6.45) is 0.217. The number of carbonyl (C=O) groups excluding carboxylic acids is 3. The van der Waals surface area contributed by atoms with E-state index in [2.05, 4.69) is 10.6 Å². The summed E-state index contributed by atoms with van der Waals surface area (Å²) in [5.41, 5.74) is 3.04. The van der Waals surface area contributed by atoms with Crippen LogP contribution >= 0.6 is 0 Å². The first kappa shape index (κ1) is 30.9. The zero-order chi connectivity index (χ0) is 28.6. The Labute approximate surface area is 228 Å². The summed E-state index contributed by atoms with van der Waals surface area (Å²) in [6, 6.07) is 13.2. The van der Waals surface area contributed by atoms with Crippen LogP contribution in [0.5, 0.6) is 0 Å². The minimum atomic E-state index is -0.929. The number of amides is 3. The number of hydrogen-bond acceptors (Lipinski definition) is 4. The molecular weight excluding hydrogens is 478 g/mol. The molecule has 2 N–H and O–H groups in total. The first-order valence-corrected chi connectivity index (χ1v) is 13.5. The summed E-state index contributed by atoms with van der Waals surface area (Å²) in [5, 5.41) is 5.81. The van der Waals surface area contributed by atoms with Crippen molar-refractivity contribution in [1.82, 2.24) is 15.5 Å². The zero-order valence-corrected chi connectivity index (χ0v) is 24.4. The molecule has 2 aromatic rings. The van der Waals surface area contributed by atoms with Gasteiger partial charge in [-0.05, 0) is 84.1 Å². The Morgan fingerprint density at radius 3 is 2.08 bits per heavy atom. The van der Waals surface area contributed by atoms with Crippen LogP contribution in [-0.2, 0) is 20.7 Å². The van der Waals surface area contributed by atoms with Crippen LogP contribution < -0.4 is 10.6 Å². The smallest absolute Gasteiger partial charge is 0.408 e. The fraction of sp³-hybridized carbons (Fsp3) is 0.516. The third-order valence-corrected chi connectivity index (χ3v) is 6.40. The van der Waals surface area contributed by atoms with Crippen molar-refractivity contribution < 1.29 is 19.1 Å². The minimum absolute atomic E-state index is 0.106. The van der Waals surface area contributed by atoms with Crippen LogP contribution in [0.1, 0.15) is 83.2 Å². The van der Waals surface area contributed by atoms with Crippen molar-refractivity contribution in [3.63, 3.8) is 0 Å². The van der Waals surface area contributed by atoms with Crippen LogP contribution in [0.25, 0.3) is 0 Å². The van der Waals surface area contributed by atoms with E-state index in [0.29, 0.717) is 6.42 Å². The van der Waals surface area contributed by atoms with Gasteiger partial charge in [-0.3, -0.25) is 9.59 Å². The third kappa shape index (κ3) is 8.89. The zero-order valence-electron chi connectivity index (χ0n) is 24.4. The number of carbonyl (C=O) groups is 3. The van der Waals surface area contributed by atoms with Gasteiger partial charge in [0.15, 0.2) is 0 Å². The van der Waals surface area contributed by atoms with Gasteiger partial charge in [0.2, 0.25) is 11.8 Å². The van der Waals surface area contributed by atoms with E-state index in [1.165, 1.54) is 0 Å². The topological polar surface area (TPSA) is 87.7 Å². The highest BCUT2D eigenvalue weighted by Gasteiger charge is 2.38. The Bertz CT molecular complexity index is 1090. The summed E-state index contributed by atoms with van der Waals surface area (Å²) in [5.74, 6) is -0.594. The third-order valence-electron chi connectivity index (χ3n) is 6.40. The van der Waals surface area contributed by atoms with E-state index in [1.54, 1.807) is 25.7 Å². The SMILES string of the molecule is CCC(C)N(C(=O)C(Cc1ccccc1)NC(=O)OC(C)(C)C)C(C(=O)NC(C)C)c1ccc(C)c(C)c1. The van der Waals surface area contributed by atoms with Gasteiger partial charge in [-0.25, -0.2) is 4.79 Å². The molecule has 0 aromatic heterocycles. The molecule has 3 amide bonds. The second-order valence-corrected chi connectivity index (χ2v) is 11.3. The maximum absolute atomic E-state index is 14.4. The van der Waals surface area contributed by atoms with Crippen LogP contribution in [0.4, 0.5) is 4.79 Å². The van der Waals surface area contributed by atoms with Crippen LogP contribution in [0.2, 0.25) is 0 Å². The first-order chi connectivity index (χ1) is 17.7. The first-order valence-electron chi connectivity index (χ1n) is 13.5. The van der Waals surface area contributed by atoms with Gasteiger partial charge in [0.1, 0.15) is 17.7 Å². The van der Waals surface area contributed by atoms with Gasteiger partial charge in [0.25, 0.3) is 0 Å². The van der Waals surface area contributed by atoms with Gasteiger partial charge < -0.3 is 20.3 Å². The van der Waals surface area contributed by atoms with E-state index in [0.717, 1.165) is 22.3 Å². The molecule has 0 bridgehead atoms. The van der Waals surface area contributed by atoms with Crippen LogP contribution in [0, 0.1) is 13.8 Å². The number of benzene rings is 2. The van der Waals surface area contributed by atoms with E-state index in [4.69, 9.17) is 4.74 Å². The molecule has 0 saturated heterocycles. The number of rotatable bonds is 10. The predicted molar refractivity (Wildman–Crippen MR) is 152 cm³/mol. The number of ether oxygens (including phenoxy) is 1. The number of nitrogens with zero attached hydrogens (tertiary/aromatic N) is 1. The lowest BCUT2D eigenvalue weighted by Crippen LogP contribution is -2.56. The molecular formula is C31H45N3O4. The quantitative estimate of drug-likeness (QED) is 0.422. The van der Waals surface area contributed by atoms with E-state index in [1.807, 2.05) is 90.1 Å². The fourth-order valence-corrected chi connectivity index (χ4v) is 4.21. The van der Waals surface area contributed by atoms with Gasteiger partial charge in [-0.2, -0.15) is 0 Å². The molecule has 0 aliphatic carbocycles. The second kappa shape index (κ2) is 13.4. The maximum atomic E-state index is 14.4. The number of alkyl carbamates (subject to hydrolysis) is 1. The predicted octanol–water partition coefficient (Wildman–Crippen LogP) is 5.63. The van der Waals surface area contributed by atoms with Crippen LogP contribution in [0.3, 0.4) is 0 Å². The number of aryl methyl sites for hydroxylation is 2. The molecule has 7 nitrogen and oxygen atoms in total. The Hall–Kier alpha value is -3.35. The van der Waals surface area contributed by atoms with Crippen molar-refractivity contribution >= 4 is 17.9 Å². The van der Waals surface area contributed by atoms with Gasteiger partial charge in [0.05, 0.1) is 0 Å². The molecule has 3 atom stereocenters. The van der Waals surface area contributed by atoms with Crippen molar-refractivity contribution in [2.24, 2.45) is 0 Å². The molecule has 3 unspecified atom stereocenters. The summed E-state index contributed by atoms with van der Waals surface area (Å²) in [6.45, 7) is 17.0. The molecule has 7 heteroatoms. The molecule has 2 aromatic carbocycles. The molecule has 0 fully saturated rings. The highest BCUT2D eigenvalue weighted by Crippen LogP contribution is 2.28. The normalized spacial score (nSPS) is 13.8. The molecule has 0 spiro atoms. The average Bonchev–Trinajstić information content (AvgIpc) is 2.82. The Morgan fingerprint density at radius 2 is 1.55 bits per heavy atom. The number of nitrogens with one attached hydrogen (secondary N) is 2. The lowest BCUT2D eigenvalue weighted by atomic mass is 9.95. The van der Waals surface area contributed by atoms with Gasteiger partial charge in [-0.1, -0.05) is 55.5 Å². The molecule has 0 aliphatic rings. The van der Waals surface area contributed by atoms with E-state index in [-0.39, 0.29) is 30.3 Å².